The first-order chi connectivity index (χ1) is 12.5. The van der Waals surface area contributed by atoms with Crippen molar-refractivity contribution in [2.75, 3.05) is 5.32 Å². The molecule has 4 nitrogen and oxygen atoms in total. The lowest BCUT2D eigenvalue weighted by Gasteiger charge is -2.19. The number of carbonyl (C=O) groups excluding carboxylic acids is 1. The van der Waals surface area contributed by atoms with Crippen LogP contribution in [-0.2, 0) is 11.2 Å². The Morgan fingerprint density at radius 1 is 1.04 bits per heavy atom. The van der Waals surface area contributed by atoms with E-state index in [1.54, 1.807) is 18.2 Å². The zero-order chi connectivity index (χ0) is 18.5. The number of nitrogens with one attached hydrogen (secondary N) is 1. The molecule has 0 atom stereocenters. The molecule has 0 saturated carbocycles. The van der Waals surface area contributed by atoms with Crippen LogP contribution in [0.4, 0.5) is 5.69 Å². The number of aromatic carboxylic acids is 1. The van der Waals surface area contributed by atoms with Gasteiger partial charge in [-0.05, 0) is 72.7 Å². The lowest BCUT2D eigenvalue weighted by Crippen LogP contribution is -2.09. The van der Waals surface area contributed by atoms with E-state index < -0.39 is 5.97 Å². The molecule has 26 heavy (non-hydrogen) atoms. The Labute approximate surface area is 152 Å². The average Bonchev–Trinajstić information content (AvgIpc) is 2.62. The van der Waals surface area contributed by atoms with Gasteiger partial charge in [0.2, 0.25) is 5.91 Å². The maximum atomic E-state index is 12.2. The Hall–Kier alpha value is -3.14. The van der Waals surface area contributed by atoms with Crippen molar-refractivity contribution in [1.29, 1.82) is 0 Å². The highest BCUT2D eigenvalue weighted by atomic mass is 16.4. The highest BCUT2D eigenvalue weighted by Crippen LogP contribution is 2.31. The molecule has 0 spiro atoms. The second-order valence-electron chi connectivity index (χ2n) is 6.44. The van der Waals surface area contributed by atoms with Gasteiger partial charge in [0.1, 0.15) is 0 Å². The minimum Gasteiger partial charge on any atom is -0.478 e. The Morgan fingerprint density at radius 2 is 1.77 bits per heavy atom. The quantitative estimate of drug-likeness (QED) is 0.789. The van der Waals surface area contributed by atoms with Gasteiger partial charge in [0.25, 0.3) is 0 Å². The van der Waals surface area contributed by atoms with Gasteiger partial charge in [0, 0.05) is 11.8 Å². The molecule has 0 aromatic heterocycles. The van der Waals surface area contributed by atoms with E-state index in [4.69, 9.17) is 5.11 Å². The summed E-state index contributed by atoms with van der Waals surface area (Å²) in [5.41, 5.74) is 5.54. The molecule has 0 unspecified atom stereocenters. The molecule has 0 saturated heterocycles. The Kier molecular flexibility index (Phi) is 5.32. The molecule has 3 rings (SSSR count). The number of carboxylic acid groups (broad SMARTS) is 1. The number of hydrogen-bond donors (Lipinski definition) is 2. The van der Waals surface area contributed by atoms with Crippen LogP contribution in [0.1, 0.15) is 41.3 Å². The first kappa shape index (κ1) is 17.7. The zero-order valence-corrected chi connectivity index (χ0v) is 14.7. The number of benzene rings is 2. The molecule has 0 radical (unpaired) electrons. The van der Waals surface area contributed by atoms with Crippen LogP contribution in [0.5, 0.6) is 0 Å². The molecule has 1 amide bonds. The molecule has 4 heteroatoms. The van der Waals surface area contributed by atoms with Crippen LogP contribution in [0.2, 0.25) is 0 Å². The SMILES string of the molecule is CC(=C\C(=O)Nc1ccc(C(=O)O)cc1)/C=C1\CCCc2ccccc21. The van der Waals surface area contributed by atoms with Gasteiger partial charge in [-0.2, -0.15) is 0 Å². The van der Waals surface area contributed by atoms with E-state index in [2.05, 4.69) is 29.6 Å². The second-order valence-corrected chi connectivity index (χ2v) is 6.44. The molecule has 0 bridgehead atoms. The summed E-state index contributed by atoms with van der Waals surface area (Å²) in [7, 11) is 0. The van der Waals surface area contributed by atoms with Gasteiger partial charge in [-0.15, -0.1) is 0 Å². The molecule has 2 aromatic carbocycles. The number of rotatable bonds is 4. The second kappa shape index (κ2) is 7.83. The van der Waals surface area contributed by atoms with Crippen molar-refractivity contribution in [3.05, 3.63) is 82.9 Å². The number of hydrogen-bond acceptors (Lipinski definition) is 2. The Balaban J connectivity index is 1.71. The standard InChI is InChI=1S/C22H21NO3/c1-15(13-18-7-4-6-16-5-2-3-8-20(16)18)14-21(24)23-19-11-9-17(10-12-19)22(25)26/h2-3,5,8-14H,4,6-7H2,1H3,(H,23,24)(H,25,26)/b15-14+,18-13+. The lowest BCUT2D eigenvalue weighted by atomic mass is 9.86. The van der Waals surface area contributed by atoms with Crippen molar-refractivity contribution in [2.24, 2.45) is 0 Å². The third kappa shape index (κ3) is 4.28. The van der Waals surface area contributed by atoms with E-state index in [0.29, 0.717) is 5.69 Å². The van der Waals surface area contributed by atoms with E-state index in [0.717, 1.165) is 24.8 Å². The predicted octanol–water partition coefficient (Wildman–Crippen LogP) is 4.69. The van der Waals surface area contributed by atoms with Gasteiger partial charge in [-0.3, -0.25) is 4.79 Å². The number of fused-ring (bicyclic) bond motifs is 1. The number of anilines is 1. The largest absolute Gasteiger partial charge is 0.478 e. The minimum atomic E-state index is -0.988. The third-order valence-corrected chi connectivity index (χ3v) is 4.42. The first-order valence-electron chi connectivity index (χ1n) is 8.64. The fourth-order valence-corrected chi connectivity index (χ4v) is 3.20. The molecular weight excluding hydrogens is 326 g/mol. The van der Waals surface area contributed by atoms with Gasteiger partial charge in [0.15, 0.2) is 0 Å². The van der Waals surface area contributed by atoms with Gasteiger partial charge in [0.05, 0.1) is 5.56 Å². The van der Waals surface area contributed by atoms with Crippen LogP contribution in [0.25, 0.3) is 5.57 Å². The molecule has 1 aliphatic carbocycles. The lowest BCUT2D eigenvalue weighted by molar-refractivity contribution is -0.111. The third-order valence-electron chi connectivity index (χ3n) is 4.42. The molecular formula is C22H21NO3. The van der Waals surface area contributed by atoms with Crippen molar-refractivity contribution < 1.29 is 14.7 Å². The minimum absolute atomic E-state index is 0.190. The fourth-order valence-electron chi connectivity index (χ4n) is 3.20. The van der Waals surface area contributed by atoms with Crippen LogP contribution in [0.3, 0.4) is 0 Å². The topological polar surface area (TPSA) is 66.4 Å². The average molecular weight is 347 g/mol. The highest BCUT2D eigenvalue weighted by molar-refractivity contribution is 6.00. The maximum absolute atomic E-state index is 12.2. The van der Waals surface area contributed by atoms with E-state index >= 15 is 0 Å². The molecule has 0 aliphatic heterocycles. The van der Waals surface area contributed by atoms with E-state index in [-0.39, 0.29) is 11.5 Å². The molecule has 0 fully saturated rings. The molecule has 0 heterocycles. The van der Waals surface area contributed by atoms with Crippen LogP contribution in [0.15, 0.2) is 66.3 Å². The summed E-state index contributed by atoms with van der Waals surface area (Å²) in [4.78, 5) is 23.0. The number of aryl methyl sites for hydroxylation is 1. The van der Waals surface area contributed by atoms with Gasteiger partial charge in [-0.1, -0.05) is 30.3 Å². The van der Waals surface area contributed by atoms with E-state index in [9.17, 15) is 9.59 Å². The smallest absolute Gasteiger partial charge is 0.335 e. The number of amides is 1. The summed E-state index contributed by atoms with van der Waals surface area (Å²) < 4.78 is 0. The molecule has 1 aliphatic rings. The summed E-state index contributed by atoms with van der Waals surface area (Å²) in [6.45, 7) is 1.91. The van der Waals surface area contributed by atoms with Crippen molar-refractivity contribution in [3.63, 3.8) is 0 Å². The maximum Gasteiger partial charge on any atom is 0.335 e. The van der Waals surface area contributed by atoms with Crippen molar-refractivity contribution in [3.8, 4) is 0 Å². The zero-order valence-electron chi connectivity index (χ0n) is 14.7. The summed E-state index contributed by atoms with van der Waals surface area (Å²) in [5, 5.41) is 11.7. The fraction of sp³-hybridized carbons (Fsp3) is 0.182. The molecule has 2 N–H and O–H groups in total. The molecule has 132 valence electrons. The van der Waals surface area contributed by atoms with Crippen LogP contribution in [-0.4, -0.2) is 17.0 Å². The van der Waals surface area contributed by atoms with Gasteiger partial charge >= 0.3 is 5.97 Å². The number of carboxylic acids is 1. The van der Waals surface area contributed by atoms with Crippen LogP contribution >= 0.6 is 0 Å². The van der Waals surface area contributed by atoms with E-state index in [1.807, 2.05) is 13.0 Å². The number of allylic oxidation sites excluding steroid dienone is 3. The van der Waals surface area contributed by atoms with Gasteiger partial charge < -0.3 is 10.4 Å². The van der Waals surface area contributed by atoms with Gasteiger partial charge in [-0.25, -0.2) is 4.79 Å². The van der Waals surface area contributed by atoms with Crippen molar-refractivity contribution in [1.82, 2.24) is 0 Å². The van der Waals surface area contributed by atoms with Crippen molar-refractivity contribution in [2.45, 2.75) is 26.2 Å². The summed E-state index contributed by atoms with van der Waals surface area (Å²) in [6, 6.07) is 14.5. The predicted molar refractivity (Wildman–Crippen MR) is 103 cm³/mol. The summed E-state index contributed by atoms with van der Waals surface area (Å²) >= 11 is 0. The Morgan fingerprint density at radius 3 is 2.50 bits per heavy atom. The number of carbonyl (C=O) groups is 2. The summed E-state index contributed by atoms with van der Waals surface area (Å²) in [5.74, 6) is -1.22. The van der Waals surface area contributed by atoms with Crippen LogP contribution < -0.4 is 5.32 Å². The monoisotopic (exact) mass is 347 g/mol. The first-order valence-corrected chi connectivity index (χ1v) is 8.64. The van der Waals surface area contributed by atoms with Crippen LogP contribution in [0, 0.1) is 0 Å². The molecule has 2 aromatic rings. The van der Waals surface area contributed by atoms with Crippen molar-refractivity contribution >= 4 is 23.1 Å². The van der Waals surface area contributed by atoms with E-state index in [1.165, 1.54) is 28.8 Å². The summed E-state index contributed by atoms with van der Waals surface area (Å²) in [6.07, 6.45) is 6.88. The normalized spacial score (nSPS) is 15.4. The Bertz CT molecular complexity index is 892. The highest BCUT2D eigenvalue weighted by Gasteiger charge is 2.13.